The Morgan fingerprint density at radius 2 is 1.85 bits per heavy atom. The third-order valence-electron chi connectivity index (χ3n) is 3.78. The Hall–Kier alpha value is -1.51. The lowest BCUT2D eigenvalue weighted by Crippen LogP contribution is -2.15. The Balaban J connectivity index is 2.23. The van der Waals surface area contributed by atoms with Crippen molar-refractivity contribution in [1.82, 2.24) is 0 Å². The van der Waals surface area contributed by atoms with Crippen LogP contribution >= 0.6 is 11.6 Å². The fourth-order valence-corrected chi connectivity index (χ4v) is 2.52. The minimum atomic E-state index is 0.117. The molecule has 0 saturated carbocycles. The van der Waals surface area contributed by atoms with Gasteiger partial charge < -0.3 is 10.8 Å². The van der Waals surface area contributed by atoms with Gasteiger partial charge in [-0.1, -0.05) is 35.9 Å². The minimum Gasteiger partial charge on any atom is -0.506 e. The van der Waals surface area contributed by atoms with Crippen LogP contribution < -0.4 is 5.73 Å². The zero-order chi connectivity index (χ0) is 14.7. The number of hydrogen-bond acceptors (Lipinski definition) is 2. The quantitative estimate of drug-likeness (QED) is 0.895. The number of halogens is 1. The fraction of sp³-hybridized carbons (Fsp3) is 0.294. The highest BCUT2D eigenvalue weighted by atomic mass is 35.5. The molecule has 3 N–H and O–H groups in total. The summed E-state index contributed by atoms with van der Waals surface area (Å²) in [5.74, 6) is 0.376. The van der Waals surface area contributed by atoms with Crippen LogP contribution in [0.2, 0.25) is 5.02 Å². The Bertz CT molecular complexity index is 610. The average molecular weight is 290 g/mol. The molecule has 0 aliphatic carbocycles. The van der Waals surface area contributed by atoms with Crippen LogP contribution in [0.25, 0.3) is 0 Å². The normalized spacial score (nSPS) is 12.4. The first kappa shape index (κ1) is 14.9. The molecule has 0 aromatic heterocycles. The number of hydrogen-bond donors (Lipinski definition) is 2. The summed E-state index contributed by atoms with van der Waals surface area (Å²) in [6.07, 6.45) is 0.818. The predicted molar refractivity (Wildman–Crippen MR) is 84.5 cm³/mol. The molecule has 20 heavy (non-hydrogen) atoms. The molecule has 0 aliphatic heterocycles. The van der Waals surface area contributed by atoms with E-state index in [9.17, 15) is 5.11 Å². The van der Waals surface area contributed by atoms with E-state index in [4.69, 9.17) is 17.3 Å². The number of aryl methyl sites for hydroxylation is 2. The van der Waals surface area contributed by atoms with Crippen molar-refractivity contribution in [2.45, 2.75) is 26.2 Å². The van der Waals surface area contributed by atoms with Crippen molar-refractivity contribution in [2.75, 3.05) is 6.54 Å². The molecule has 0 bridgehead atoms. The molecule has 3 heteroatoms. The molecule has 0 amide bonds. The van der Waals surface area contributed by atoms with Crippen LogP contribution in [0.15, 0.2) is 36.4 Å². The number of rotatable bonds is 4. The van der Waals surface area contributed by atoms with Crippen LogP contribution in [-0.4, -0.2) is 11.7 Å². The smallest absolute Gasteiger partial charge is 0.134 e. The molecule has 0 saturated heterocycles. The van der Waals surface area contributed by atoms with Crippen molar-refractivity contribution < 1.29 is 5.11 Å². The van der Waals surface area contributed by atoms with E-state index < -0.39 is 0 Å². The maximum absolute atomic E-state index is 9.46. The van der Waals surface area contributed by atoms with Crippen LogP contribution in [0.3, 0.4) is 0 Å². The van der Waals surface area contributed by atoms with Gasteiger partial charge in [0.15, 0.2) is 0 Å². The molecule has 2 nitrogen and oxygen atoms in total. The first-order chi connectivity index (χ1) is 9.51. The van der Waals surface area contributed by atoms with E-state index in [0.717, 1.165) is 12.0 Å². The van der Waals surface area contributed by atoms with E-state index in [1.807, 2.05) is 6.07 Å². The SMILES string of the molecule is Cc1ccc(C(CN)Cc2ccc(O)c(Cl)c2)cc1C. The molecule has 2 rings (SSSR count). The second-order valence-electron chi connectivity index (χ2n) is 5.27. The van der Waals surface area contributed by atoms with Gasteiger partial charge in [0.1, 0.15) is 5.75 Å². The summed E-state index contributed by atoms with van der Waals surface area (Å²) in [6, 6.07) is 11.8. The number of aromatic hydroxyl groups is 1. The molecular formula is C17H20ClNO. The summed E-state index contributed by atoms with van der Waals surface area (Å²) in [7, 11) is 0. The maximum atomic E-state index is 9.46. The highest BCUT2D eigenvalue weighted by molar-refractivity contribution is 6.32. The number of phenols is 1. The van der Waals surface area contributed by atoms with Crippen LogP contribution in [0, 0.1) is 13.8 Å². The van der Waals surface area contributed by atoms with E-state index in [1.165, 1.54) is 16.7 Å². The number of phenolic OH excluding ortho intramolecular Hbond substituents is 1. The predicted octanol–water partition coefficient (Wildman–Crippen LogP) is 3.95. The molecule has 0 aliphatic rings. The second-order valence-corrected chi connectivity index (χ2v) is 5.67. The molecule has 1 atom stereocenters. The van der Waals surface area contributed by atoms with Gasteiger partial charge in [0.2, 0.25) is 0 Å². The molecular weight excluding hydrogens is 270 g/mol. The summed E-state index contributed by atoms with van der Waals surface area (Å²) < 4.78 is 0. The largest absolute Gasteiger partial charge is 0.506 e. The zero-order valence-corrected chi connectivity index (χ0v) is 12.6. The highest BCUT2D eigenvalue weighted by Gasteiger charge is 2.12. The van der Waals surface area contributed by atoms with Gasteiger partial charge >= 0.3 is 0 Å². The Kier molecular flexibility index (Phi) is 4.69. The van der Waals surface area contributed by atoms with Gasteiger partial charge in [-0.05, 0) is 61.2 Å². The van der Waals surface area contributed by atoms with Gasteiger partial charge in [-0.15, -0.1) is 0 Å². The molecule has 1 unspecified atom stereocenters. The summed E-state index contributed by atoms with van der Waals surface area (Å²) in [4.78, 5) is 0. The zero-order valence-electron chi connectivity index (χ0n) is 11.9. The second kappa shape index (κ2) is 6.29. The van der Waals surface area contributed by atoms with E-state index in [0.29, 0.717) is 11.6 Å². The van der Waals surface area contributed by atoms with Crippen molar-refractivity contribution >= 4 is 11.6 Å². The van der Waals surface area contributed by atoms with E-state index >= 15 is 0 Å². The van der Waals surface area contributed by atoms with E-state index in [-0.39, 0.29) is 11.7 Å². The van der Waals surface area contributed by atoms with Gasteiger partial charge in [-0.2, -0.15) is 0 Å². The van der Waals surface area contributed by atoms with E-state index in [1.54, 1.807) is 12.1 Å². The van der Waals surface area contributed by atoms with Crippen molar-refractivity contribution in [3.8, 4) is 5.75 Å². The maximum Gasteiger partial charge on any atom is 0.134 e. The third-order valence-corrected chi connectivity index (χ3v) is 4.08. The van der Waals surface area contributed by atoms with Crippen LogP contribution in [0.4, 0.5) is 0 Å². The van der Waals surface area contributed by atoms with E-state index in [2.05, 4.69) is 32.0 Å². The molecule has 0 spiro atoms. The average Bonchev–Trinajstić information content (AvgIpc) is 2.43. The van der Waals surface area contributed by atoms with Crippen molar-refractivity contribution in [3.63, 3.8) is 0 Å². The lowest BCUT2D eigenvalue weighted by Gasteiger charge is -2.17. The van der Waals surface area contributed by atoms with Crippen molar-refractivity contribution in [2.24, 2.45) is 5.73 Å². The van der Waals surface area contributed by atoms with Crippen LogP contribution in [-0.2, 0) is 6.42 Å². The standard InChI is InChI=1S/C17H20ClNO/c1-11-3-5-14(7-12(11)2)15(10-19)8-13-4-6-17(20)16(18)9-13/h3-7,9,15,20H,8,10,19H2,1-2H3. The van der Waals surface area contributed by atoms with Crippen LogP contribution in [0.5, 0.6) is 5.75 Å². The molecule has 0 heterocycles. The lowest BCUT2D eigenvalue weighted by atomic mass is 9.90. The summed E-state index contributed by atoms with van der Waals surface area (Å²) in [5, 5.41) is 9.85. The monoisotopic (exact) mass is 289 g/mol. The topological polar surface area (TPSA) is 46.2 Å². The molecule has 0 fully saturated rings. The highest BCUT2D eigenvalue weighted by Crippen LogP contribution is 2.27. The first-order valence-corrected chi connectivity index (χ1v) is 7.13. The Morgan fingerprint density at radius 1 is 1.10 bits per heavy atom. The first-order valence-electron chi connectivity index (χ1n) is 6.76. The minimum absolute atomic E-state index is 0.117. The van der Waals surface area contributed by atoms with Crippen molar-refractivity contribution in [1.29, 1.82) is 0 Å². The lowest BCUT2D eigenvalue weighted by molar-refractivity contribution is 0.475. The van der Waals surface area contributed by atoms with Crippen LogP contribution in [0.1, 0.15) is 28.2 Å². The van der Waals surface area contributed by atoms with Gasteiger partial charge in [0.05, 0.1) is 5.02 Å². The van der Waals surface area contributed by atoms with Gasteiger partial charge in [0, 0.05) is 5.92 Å². The third kappa shape index (κ3) is 3.33. The molecule has 106 valence electrons. The molecule has 2 aromatic carbocycles. The summed E-state index contributed by atoms with van der Waals surface area (Å²) >= 11 is 5.95. The van der Waals surface area contributed by atoms with Gasteiger partial charge in [-0.3, -0.25) is 0 Å². The number of nitrogens with two attached hydrogens (primary N) is 1. The summed E-state index contributed by atoms with van der Waals surface area (Å²) in [5.41, 5.74) is 10.8. The van der Waals surface area contributed by atoms with Gasteiger partial charge in [0.25, 0.3) is 0 Å². The van der Waals surface area contributed by atoms with Crippen molar-refractivity contribution in [3.05, 3.63) is 63.7 Å². The molecule has 0 radical (unpaired) electrons. The fourth-order valence-electron chi connectivity index (χ4n) is 2.32. The molecule has 2 aromatic rings. The Morgan fingerprint density at radius 3 is 2.45 bits per heavy atom. The van der Waals surface area contributed by atoms with Gasteiger partial charge in [-0.25, -0.2) is 0 Å². The Labute approximate surface area is 125 Å². The number of benzene rings is 2. The summed E-state index contributed by atoms with van der Waals surface area (Å²) in [6.45, 7) is 4.81.